The molecule has 0 aliphatic rings. The predicted molar refractivity (Wildman–Crippen MR) is 116 cm³/mol. The van der Waals surface area contributed by atoms with Gasteiger partial charge in [0.05, 0.1) is 18.9 Å². The van der Waals surface area contributed by atoms with E-state index in [0.717, 1.165) is 10.0 Å². The van der Waals surface area contributed by atoms with Crippen molar-refractivity contribution in [3.05, 3.63) is 89.0 Å². The first-order valence-electron chi connectivity index (χ1n) is 8.90. The van der Waals surface area contributed by atoms with Crippen LogP contribution in [-0.2, 0) is 0 Å². The number of benzene rings is 3. The van der Waals surface area contributed by atoms with Gasteiger partial charge in [-0.2, -0.15) is 0 Å². The van der Waals surface area contributed by atoms with Crippen LogP contribution < -0.4 is 10.1 Å². The van der Waals surface area contributed by atoms with Gasteiger partial charge in [0.1, 0.15) is 5.75 Å². The Morgan fingerprint density at radius 3 is 2.62 bits per heavy atom. The number of methoxy groups -OCH3 is 1. The van der Waals surface area contributed by atoms with Gasteiger partial charge in [0, 0.05) is 27.4 Å². The summed E-state index contributed by atoms with van der Waals surface area (Å²) in [4.78, 5) is 17.3. The van der Waals surface area contributed by atoms with E-state index in [2.05, 4.69) is 26.2 Å². The van der Waals surface area contributed by atoms with E-state index in [4.69, 9.17) is 9.15 Å². The molecule has 0 unspecified atom stereocenters. The van der Waals surface area contributed by atoms with E-state index < -0.39 is 0 Å². The smallest absolute Gasteiger partial charge is 0.256 e. The molecule has 4 aromatic rings. The third-order valence-corrected chi connectivity index (χ3v) is 4.89. The molecule has 1 heterocycles. The Labute approximate surface area is 176 Å². The van der Waals surface area contributed by atoms with E-state index in [0.29, 0.717) is 34.2 Å². The number of nitrogens with one attached hydrogen (secondary N) is 1. The number of aromatic nitrogens is 1. The molecule has 0 aliphatic heterocycles. The minimum absolute atomic E-state index is 0.253. The maximum atomic E-state index is 12.9. The molecule has 1 amide bonds. The third-order valence-electron chi connectivity index (χ3n) is 4.36. The highest BCUT2D eigenvalue weighted by molar-refractivity contribution is 9.10. The number of ether oxygens (including phenoxy) is 1. The summed E-state index contributed by atoms with van der Waals surface area (Å²) in [7, 11) is 1.59. The quantitative estimate of drug-likeness (QED) is 0.404. The van der Waals surface area contributed by atoms with E-state index >= 15 is 0 Å². The van der Waals surface area contributed by atoms with Crippen LogP contribution in [0.5, 0.6) is 5.75 Å². The van der Waals surface area contributed by atoms with Gasteiger partial charge in [-0.1, -0.05) is 46.3 Å². The third kappa shape index (κ3) is 4.22. The average Bonchev–Trinajstić information content (AvgIpc) is 3.24. The van der Waals surface area contributed by atoms with Crippen molar-refractivity contribution >= 4 is 27.5 Å². The van der Waals surface area contributed by atoms with Crippen LogP contribution in [0.1, 0.15) is 10.4 Å². The molecule has 0 radical (unpaired) electrons. The molecular formula is C23H17BrN2O3. The van der Waals surface area contributed by atoms with Crippen molar-refractivity contribution in [3.8, 4) is 28.5 Å². The number of anilines is 1. The standard InChI is InChI=1S/C23H17BrN2O3/c1-28-18-6-4-5-17(13-18)26-22(27)19-7-2-3-8-20(19)23-25-14-21(29-23)15-9-11-16(24)12-10-15/h2-14H,1H3,(H,26,27). The second-order valence-electron chi connectivity index (χ2n) is 6.27. The second kappa shape index (κ2) is 8.32. The lowest BCUT2D eigenvalue weighted by Gasteiger charge is -2.09. The summed E-state index contributed by atoms with van der Waals surface area (Å²) in [5.41, 5.74) is 2.65. The topological polar surface area (TPSA) is 64.4 Å². The van der Waals surface area contributed by atoms with Gasteiger partial charge >= 0.3 is 0 Å². The molecule has 6 heteroatoms. The van der Waals surface area contributed by atoms with E-state index in [1.165, 1.54) is 0 Å². The van der Waals surface area contributed by atoms with Crippen molar-refractivity contribution in [2.45, 2.75) is 0 Å². The zero-order valence-corrected chi connectivity index (χ0v) is 17.1. The molecule has 144 valence electrons. The molecule has 1 N–H and O–H groups in total. The summed E-state index contributed by atoms with van der Waals surface area (Å²) < 4.78 is 12.1. The lowest BCUT2D eigenvalue weighted by Crippen LogP contribution is -2.13. The highest BCUT2D eigenvalue weighted by atomic mass is 79.9. The summed E-state index contributed by atoms with van der Waals surface area (Å²) in [6.45, 7) is 0. The SMILES string of the molecule is COc1cccc(NC(=O)c2ccccc2-c2ncc(-c3ccc(Br)cc3)o2)c1. The number of oxazole rings is 1. The van der Waals surface area contributed by atoms with Gasteiger partial charge in [-0.05, 0) is 36.4 Å². The fraction of sp³-hybridized carbons (Fsp3) is 0.0435. The van der Waals surface area contributed by atoms with Gasteiger partial charge in [0.25, 0.3) is 5.91 Å². The number of halogens is 1. The average molecular weight is 449 g/mol. The van der Waals surface area contributed by atoms with Crippen molar-refractivity contribution in [1.29, 1.82) is 0 Å². The van der Waals surface area contributed by atoms with Crippen LogP contribution in [0.2, 0.25) is 0 Å². The van der Waals surface area contributed by atoms with Gasteiger partial charge in [-0.15, -0.1) is 0 Å². The predicted octanol–water partition coefficient (Wildman–Crippen LogP) is 6.03. The Bertz CT molecular complexity index is 1150. The van der Waals surface area contributed by atoms with Crippen LogP contribution in [0, 0.1) is 0 Å². The highest BCUT2D eigenvalue weighted by Crippen LogP contribution is 2.29. The van der Waals surface area contributed by atoms with Crippen LogP contribution in [0.3, 0.4) is 0 Å². The van der Waals surface area contributed by atoms with E-state index in [9.17, 15) is 4.79 Å². The van der Waals surface area contributed by atoms with Crippen LogP contribution in [-0.4, -0.2) is 18.0 Å². The summed E-state index contributed by atoms with van der Waals surface area (Å²) in [5, 5.41) is 2.89. The normalized spacial score (nSPS) is 10.6. The minimum Gasteiger partial charge on any atom is -0.497 e. The number of amides is 1. The van der Waals surface area contributed by atoms with Gasteiger partial charge < -0.3 is 14.5 Å². The van der Waals surface area contributed by atoms with Crippen molar-refractivity contribution < 1.29 is 13.9 Å². The molecule has 0 atom stereocenters. The molecule has 0 fully saturated rings. The fourth-order valence-corrected chi connectivity index (χ4v) is 3.18. The molecule has 29 heavy (non-hydrogen) atoms. The molecular weight excluding hydrogens is 432 g/mol. The fourth-order valence-electron chi connectivity index (χ4n) is 2.91. The summed E-state index contributed by atoms with van der Waals surface area (Å²) in [6.07, 6.45) is 1.66. The molecule has 5 nitrogen and oxygen atoms in total. The number of carbonyl (C=O) groups excluding carboxylic acids is 1. The van der Waals surface area contributed by atoms with E-state index in [-0.39, 0.29) is 5.91 Å². The maximum absolute atomic E-state index is 12.9. The summed E-state index contributed by atoms with van der Waals surface area (Å²) in [6, 6.07) is 22.2. The summed E-state index contributed by atoms with van der Waals surface area (Å²) >= 11 is 3.42. The van der Waals surface area contributed by atoms with Crippen molar-refractivity contribution in [2.24, 2.45) is 0 Å². The number of nitrogens with zero attached hydrogens (tertiary/aromatic N) is 1. The zero-order valence-electron chi connectivity index (χ0n) is 15.6. The highest BCUT2D eigenvalue weighted by Gasteiger charge is 2.17. The Morgan fingerprint density at radius 1 is 1.03 bits per heavy atom. The van der Waals surface area contributed by atoms with Gasteiger partial charge in [0.2, 0.25) is 5.89 Å². The molecule has 3 aromatic carbocycles. The second-order valence-corrected chi connectivity index (χ2v) is 7.18. The molecule has 0 saturated heterocycles. The Kier molecular flexibility index (Phi) is 5.44. The molecule has 0 saturated carbocycles. The number of hydrogen-bond acceptors (Lipinski definition) is 4. The monoisotopic (exact) mass is 448 g/mol. The zero-order chi connectivity index (χ0) is 20.2. The Hall–Kier alpha value is -3.38. The largest absolute Gasteiger partial charge is 0.497 e. The van der Waals surface area contributed by atoms with Gasteiger partial charge in [-0.3, -0.25) is 4.79 Å². The number of rotatable bonds is 5. The first-order chi connectivity index (χ1) is 14.1. The van der Waals surface area contributed by atoms with Crippen LogP contribution in [0.4, 0.5) is 5.69 Å². The summed E-state index contributed by atoms with van der Waals surface area (Å²) in [5.74, 6) is 1.44. The van der Waals surface area contributed by atoms with Gasteiger partial charge in [0.15, 0.2) is 5.76 Å². The van der Waals surface area contributed by atoms with Crippen molar-refractivity contribution in [2.75, 3.05) is 12.4 Å². The molecule has 1 aromatic heterocycles. The van der Waals surface area contributed by atoms with Crippen molar-refractivity contribution in [1.82, 2.24) is 4.98 Å². The lowest BCUT2D eigenvalue weighted by molar-refractivity contribution is 0.102. The lowest BCUT2D eigenvalue weighted by atomic mass is 10.1. The molecule has 4 rings (SSSR count). The Morgan fingerprint density at radius 2 is 1.83 bits per heavy atom. The first kappa shape index (κ1) is 19.0. The van der Waals surface area contributed by atoms with Crippen molar-refractivity contribution in [3.63, 3.8) is 0 Å². The minimum atomic E-state index is -0.253. The molecule has 0 bridgehead atoms. The number of carbonyl (C=O) groups is 1. The van der Waals surface area contributed by atoms with Crippen LogP contribution in [0.15, 0.2) is 87.9 Å². The van der Waals surface area contributed by atoms with Crippen LogP contribution in [0.25, 0.3) is 22.8 Å². The van der Waals surface area contributed by atoms with Gasteiger partial charge in [-0.25, -0.2) is 4.98 Å². The molecule has 0 spiro atoms. The molecule has 0 aliphatic carbocycles. The maximum Gasteiger partial charge on any atom is 0.256 e. The number of hydrogen-bond donors (Lipinski definition) is 1. The first-order valence-corrected chi connectivity index (χ1v) is 9.70. The van der Waals surface area contributed by atoms with E-state index in [1.54, 1.807) is 31.5 Å². The Balaban J connectivity index is 1.63. The van der Waals surface area contributed by atoms with Crippen LogP contribution >= 0.6 is 15.9 Å². The van der Waals surface area contributed by atoms with E-state index in [1.807, 2.05) is 54.6 Å².